The fourth-order valence-electron chi connectivity index (χ4n) is 2.67. The van der Waals surface area contributed by atoms with Crippen LogP contribution in [0.3, 0.4) is 0 Å². The molecule has 1 atom stereocenters. The van der Waals surface area contributed by atoms with Crippen LogP contribution < -0.4 is 10.2 Å². The van der Waals surface area contributed by atoms with Crippen LogP contribution >= 0.6 is 0 Å². The minimum absolute atomic E-state index is 0.668. The Morgan fingerprint density at radius 2 is 2.47 bits per heavy atom. The monoisotopic (exact) mass is 203 g/mol. The molecular formula is C12H17N3. The zero-order chi connectivity index (χ0) is 10.3. The van der Waals surface area contributed by atoms with Crippen molar-refractivity contribution in [1.29, 1.82) is 0 Å². The summed E-state index contributed by atoms with van der Waals surface area (Å²) in [5, 5.41) is 3.42. The van der Waals surface area contributed by atoms with E-state index >= 15 is 0 Å². The van der Waals surface area contributed by atoms with Crippen molar-refractivity contribution < 1.29 is 0 Å². The maximum atomic E-state index is 4.58. The fraction of sp³-hybridized carbons (Fsp3) is 0.583. The van der Waals surface area contributed by atoms with Gasteiger partial charge in [-0.2, -0.15) is 0 Å². The van der Waals surface area contributed by atoms with Crippen LogP contribution in [0.2, 0.25) is 0 Å². The summed E-state index contributed by atoms with van der Waals surface area (Å²) in [6.45, 7) is 5.54. The van der Waals surface area contributed by atoms with E-state index in [9.17, 15) is 0 Å². The first kappa shape index (κ1) is 9.16. The predicted molar refractivity (Wildman–Crippen MR) is 61.3 cm³/mol. The summed E-state index contributed by atoms with van der Waals surface area (Å²) < 4.78 is 0. The summed E-state index contributed by atoms with van der Waals surface area (Å²) in [7, 11) is 0. The molecule has 3 nitrogen and oxygen atoms in total. The van der Waals surface area contributed by atoms with E-state index in [2.05, 4.69) is 28.2 Å². The van der Waals surface area contributed by atoms with Gasteiger partial charge in [-0.3, -0.25) is 0 Å². The second-order valence-electron chi connectivity index (χ2n) is 4.59. The van der Waals surface area contributed by atoms with Gasteiger partial charge in [-0.05, 0) is 37.4 Å². The SMILES string of the molecule is Cc1cnc2c(c1)CCN2[C@H]1CCNC1. The molecule has 3 heterocycles. The summed E-state index contributed by atoms with van der Waals surface area (Å²) in [5.41, 5.74) is 2.71. The molecule has 1 fully saturated rings. The number of aromatic nitrogens is 1. The number of nitrogens with one attached hydrogen (secondary N) is 1. The van der Waals surface area contributed by atoms with E-state index in [0.717, 1.165) is 19.6 Å². The van der Waals surface area contributed by atoms with Gasteiger partial charge in [-0.15, -0.1) is 0 Å². The molecule has 1 saturated heterocycles. The van der Waals surface area contributed by atoms with Gasteiger partial charge in [-0.25, -0.2) is 4.98 Å². The number of anilines is 1. The molecule has 3 heteroatoms. The lowest BCUT2D eigenvalue weighted by molar-refractivity contribution is 0.648. The highest BCUT2D eigenvalue weighted by atomic mass is 15.3. The molecule has 1 aromatic rings. The molecule has 0 amide bonds. The van der Waals surface area contributed by atoms with Gasteiger partial charge >= 0.3 is 0 Å². The zero-order valence-electron chi connectivity index (χ0n) is 9.16. The van der Waals surface area contributed by atoms with Crippen molar-refractivity contribution in [2.45, 2.75) is 25.8 Å². The van der Waals surface area contributed by atoms with Crippen LogP contribution in [0.4, 0.5) is 5.82 Å². The molecule has 2 aliphatic rings. The van der Waals surface area contributed by atoms with Crippen molar-refractivity contribution in [1.82, 2.24) is 10.3 Å². The Balaban J connectivity index is 1.90. The number of rotatable bonds is 1. The normalized spacial score (nSPS) is 24.6. The second kappa shape index (κ2) is 3.49. The third-order valence-electron chi connectivity index (χ3n) is 3.45. The number of fused-ring (bicyclic) bond motifs is 1. The average Bonchev–Trinajstić information content (AvgIpc) is 2.82. The highest BCUT2D eigenvalue weighted by molar-refractivity contribution is 5.53. The Hall–Kier alpha value is -1.09. The minimum atomic E-state index is 0.668. The Morgan fingerprint density at radius 1 is 1.53 bits per heavy atom. The van der Waals surface area contributed by atoms with E-state index in [-0.39, 0.29) is 0 Å². The average molecular weight is 203 g/mol. The van der Waals surface area contributed by atoms with E-state index in [1.54, 1.807) is 0 Å². The van der Waals surface area contributed by atoms with Crippen LogP contribution in [-0.2, 0) is 6.42 Å². The number of pyridine rings is 1. The maximum Gasteiger partial charge on any atom is 0.132 e. The smallest absolute Gasteiger partial charge is 0.132 e. The van der Waals surface area contributed by atoms with Crippen LogP contribution in [0.15, 0.2) is 12.3 Å². The van der Waals surface area contributed by atoms with Gasteiger partial charge in [-0.1, -0.05) is 6.07 Å². The van der Waals surface area contributed by atoms with Gasteiger partial charge in [0.15, 0.2) is 0 Å². The minimum Gasteiger partial charge on any atom is -0.352 e. The Kier molecular flexibility index (Phi) is 2.13. The molecule has 15 heavy (non-hydrogen) atoms. The highest BCUT2D eigenvalue weighted by Gasteiger charge is 2.28. The molecule has 0 saturated carbocycles. The molecule has 0 radical (unpaired) electrons. The van der Waals surface area contributed by atoms with Crippen LogP contribution in [0.5, 0.6) is 0 Å². The highest BCUT2D eigenvalue weighted by Crippen LogP contribution is 2.29. The third kappa shape index (κ3) is 1.51. The Morgan fingerprint density at radius 3 is 3.27 bits per heavy atom. The third-order valence-corrected chi connectivity index (χ3v) is 3.45. The summed E-state index contributed by atoms with van der Waals surface area (Å²) in [5.74, 6) is 1.23. The Bertz CT molecular complexity index is 369. The maximum absolute atomic E-state index is 4.58. The van der Waals surface area contributed by atoms with Gasteiger partial charge in [0.25, 0.3) is 0 Å². The summed E-state index contributed by atoms with van der Waals surface area (Å²) >= 11 is 0. The molecule has 0 aromatic carbocycles. The molecule has 1 aromatic heterocycles. The van der Waals surface area contributed by atoms with Gasteiger partial charge in [0.05, 0.1) is 0 Å². The van der Waals surface area contributed by atoms with Crippen molar-refractivity contribution in [3.8, 4) is 0 Å². The first-order valence-corrected chi connectivity index (χ1v) is 5.77. The van der Waals surface area contributed by atoms with Crippen LogP contribution in [0.1, 0.15) is 17.5 Å². The molecule has 0 unspecified atom stereocenters. The molecule has 0 spiro atoms. The van der Waals surface area contributed by atoms with Gasteiger partial charge in [0.2, 0.25) is 0 Å². The van der Waals surface area contributed by atoms with E-state index < -0.39 is 0 Å². The lowest BCUT2D eigenvalue weighted by Crippen LogP contribution is -2.35. The zero-order valence-corrected chi connectivity index (χ0v) is 9.16. The predicted octanol–water partition coefficient (Wildman–Crippen LogP) is 1.11. The molecule has 3 rings (SSSR count). The molecule has 0 aliphatic carbocycles. The quantitative estimate of drug-likeness (QED) is 0.741. The summed E-state index contributed by atoms with van der Waals surface area (Å²) in [4.78, 5) is 7.06. The largest absolute Gasteiger partial charge is 0.352 e. The first-order chi connectivity index (χ1) is 7.34. The number of aryl methyl sites for hydroxylation is 1. The second-order valence-corrected chi connectivity index (χ2v) is 4.59. The Labute approximate surface area is 90.5 Å². The molecule has 80 valence electrons. The van der Waals surface area contributed by atoms with Crippen molar-refractivity contribution in [2.24, 2.45) is 0 Å². The molecule has 2 aliphatic heterocycles. The van der Waals surface area contributed by atoms with E-state index in [1.165, 1.54) is 29.8 Å². The lowest BCUT2D eigenvalue weighted by Gasteiger charge is -2.25. The number of hydrogen-bond donors (Lipinski definition) is 1. The van der Waals surface area contributed by atoms with Crippen LogP contribution in [0, 0.1) is 6.92 Å². The fourth-order valence-corrected chi connectivity index (χ4v) is 2.67. The van der Waals surface area contributed by atoms with Crippen molar-refractivity contribution in [2.75, 3.05) is 24.5 Å². The first-order valence-electron chi connectivity index (χ1n) is 5.77. The lowest BCUT2D eigenvalue weighted by atomic mass is 10.2. The van der Waals surface area contributed by atoms with Crippen molar-refractivity contribution >= 4 is 5.82 Å². The van der Waals surface area contributed by atoms with E-state index in [0.29, 0.717) is 6.04 Å². The summed E-state index contributed by atoms with van der Waals surface area (Å²) in [6.07, 6.45) is 4.41. The topological polar surface area (TPSA) is 28.2 Å². The van der Waals surface area contributed by atoms with Gasteiger partial charge in [0, 0.05) is 25.3 Å². The van der Waals surface area contributed by atoms with E-state index in [1.807, 2.05) is 6.20 Å². The van der Waals surface area contributed by atoms with Crippen LogP contribution in [-0.4, -0.2) is 30.7 Å². The van der Waals surface area contributed by atoms with Gasteiger partial charge in [0.1, 0.15) is 5.82 Å². The summed E-state index contributed by atoms with van der Waals surface area (Å²) in [6, 6.07) is 2.95. The van der Waals surface area contributed by atoms with E-state index in [4.69, 9.17) is 0 Å². The van der Waals surface area contributed by atoms with Gasteiger partial charge < -0.3 is 10.2 Å². The van der Waals surface area contributed by atoms with Crippen molar-refractivity contribution in [3.05, 3.63) is 23.4 Å². The standard InChI is InChI=1S/C12H17N3/c1-9-6-10-3-5-15(12(10)14-7-9)11-2-4-13-8-11/h6-7,11,13H,2-5,8H2,1H3/t11-/m0/s1. The van der Waals surface area contributed by atoms with Crippen LogP contribution in [0.25, 0.3) is 0 Å². The molecule has 1 N–H and O–H groups in total. The number of hydrogen-bond acceptors (Lipinski definition) is 3. The van der Waals surface area contributed by atoms with Crippen molar-refractivity contribution in [3.63, 3.8) is 0 Å². The molecular weight excluding hydrogens is 186 g/mol. The molecule has 0 bridgehead atoms. The number of nitrogens with zero attached hydrogens (tertiary/aromatic N) is 2.